The number of carbonyl (C=O) groups is 2. The second-order valence-corrected chi connectivity index (χ2v) is 9.49. The molecule has 1 aromatic heterocycles. The molecule has 1 aliphatic rings. The first-order chi connectivity index (χ1) is 14.7. The van der Waals surface area contributed by atoms with E-state index in [1.807, 2.05) is 36.4 Å². The Kier molecular flexibility index (Phi) is 6.51. The number of hydrogen-bond donors (Lipinski definition) is 1. The number of aromatic nitrogens is 1. The lowest BCUT2D eigenvalue weighted by molar-refractivity contribution is -0.117. The molecule has 0 spiro atoms. The number of thiazole rings is 1. The molecule has 0 saturated carbocycles. The van der Waals surface area contributed by atoms with Crippen LogP contribution in [0.3, 0.4) is 0 Å². The van der Waals surface area contributed by atoms with E-state index in [9.17, 15) is 9.59 Å². The molecule has 30 heavy (non-hydrogen) atoms. The molecule has 152 valence electrons. The van der Waals surface area contributed by atoms with Crippen molar-refractivity contribution in [3.8, 4) is 11.8 Å². The minimum atomic E-state index is -0.425. The van der Waals surface area contributed by atoms with Gasteiger partial charge in [-0.3, -0.25) is 9.59 Å². The number of fused-ring (bicyclic) bond motifs is 2. The van der Waals surface area contributed by atoms with Gasteiger partial charge in [-0.25, -0.2) is 4.98 Å². The van der Waals surface area contributed by atoms with Crippen molar-refractivity contribution in [1.29, 1.82) is 0 Å². The lowest BCUT2D eigenvalue weighted by atomic mass is 10.0. The van der Waals surface area contributed by atoms with Crippen LogP contribution in [0.25, 0.3) is 10.2 Å². The quantitative estimate of drug-likeness (QED) is 0.298. The SMILES string of the molecule is CCCC#CCCSc1nc2ccc(NC(=O)C3CC(=O)c4ccccc43)cc2s1. The summed E-state index contributed by atoms with van der Waals surface area (Å²) in [6.07, 6.45) is 3.15. The molecule has 0 bridgehead atoms. The van der Waals surface area contributed by atoms with Crippen LogP contribution in [0.4, 0.5) is 5.69 Å². The van der Waals surface area contributed by atoms with Crippen molar-refractivity contribution in [1.82, 2.24) is 4.98 Å². The first kappa shape index (κ1) is 20.6. The number of thioether (sulfide) groups is 1. The third kappa shape index (κ3) is 4.58. The maximum absolute atomic E-state index is 12.8. The zero-order chi connectivity index (χ0) is 20.9. The minimum absolute atomic E-state index is 0.0321. The highest BCUT2D eigenvalue weighted by atomic mass is 32.2. The Morgan fingerprint density at radius 3 is 2.93 bits per heavy atom. The van der Waals surface area contributed by atoms with Gasteiger partial charge in [0.05, 0.1) is 16.1 Å². The predicted octanol–water partition coefficient (Wildman–Crippen LogP) is 5.89. The van der Waals surface area contributed by atoms with Gasteiger partial charge in [0, 0.05) is 36.3 Å². The van der Waals surface area contributed by atoms with Crippen LogP contribution < -0.4 is 5.32 Å². The minimum Gasteiger partial charge on any atom is -0.325 e. The Hall–Kier alpha value is -2.62. The summed E-state index contributed by atoms with van der Waals surface area (Å²) in [6.45, 7) is 2.13. The molecular weight excluding hydrogens is 412 g/mol. The lowest BCUT2D eigenvalue weighted by Crippen LogP contribution is -2.19. The second-order valence-electron chi connectivity index (χ2n) is 7.12. The summed E-state index contributed by atoms with van der Waals surface area (Å²) in [5, 5.41) is 2.98. The van der Waals surface area contributed by atoms with Crippen LogP contribution in [0.2, 0.25) is 0 Å². The number of rotatable bonds is 6. The molecular formula is C24H22N2O2S2. The van der Waals surface area contributed by atoms with E-state index in [-0.39, 0.29) is 18.1 Å². The number of carbonyl (C=O) groups excluding carboxylic acids is 2. The highest BCUT2D eigenvalue weighted by molar-refractivity contribution is 8.01. The molecule has 0 fully saturated rings. The van der Waals surface area contributed by atoms with Crippen LogP contribution in [0.15, 0.2) is 46.8 Å². The van der Waals surface area contributed by atoms with E-state index < -0.39 is 5.92 Å². The van der Waals surface area contributed by atoms with Gasteiger partial charge in [-0.1, -0.05) is 43.0 Å². The summed E-state index contributed by atoms with van der Waals surface area (Å²) in [7, 11) is 0. The molecule has 6 heteroatoms. The summed E-state index contributed by atoms with van der Waals surface area (Å²) in [4.78, 5) is 29.7. The number of nitrogens with zero attached hydrogens (tertiary/aromatic N) is 1. The van der Waals surface area contributed by atoms with E-state index in [1.54, 1.807) is 29.2 Å². The van der Waals surface area contributed by atoms with Crippen molar-refractivity contribution < 1.29 is 9.59 Å². The Bertz CT molecular complexity index is 1160. The van der Waals surface area contributed by atoms with E-state index in [0.29, 0.717) is 5.56 Å². The van der Waals surface area contributed by atoms with Gasteiger partial charge in [0.15, 0.2) is 10.1 Å². The van der Waals surface area contributed by atoms with Crippen molar-refractivity contribution in [3.63, 3.8) is 0 Å². The Labute approximate surface area is 184 Å². The number of Topliss-reactive ketones (excluding diaryl/α,β-unsaturated/α-hetero) is 1. The number of anilines is 1. The molecule has 0 radical (unpaired) electrons. The molecule has 2 aromatic carbocycles. The Morgan fingerprint density at radius 1 is 1.23 bits per heavy atom. The van der Waals surface area contributed by atoms with E-state index in [2.05, 4.69) is 29.1 Å². The monoisotopic (exact) mass is 434 g/mol. The van der Waals surface area contributed by atoms with Gasteiger partial charge in [-0.05, 0) is 30.2 Å². The first-order valence-corrected chi connectivity index (χ1v) is 11.9. The Morgan fingerprint density at radius 2 is 2.07 bits per heavy atom. The highest BCUT2D eigenvalue weighted by Gasteiger charge is 2.33. The summed E-state index contributed by atoms with van der Waals surface area (Å²) in [5.41, 5.74) is 3.14. The number of amides is 1. The number of ketones is 1. The van der Waals surface area contributed by atoms with Gasteiger partial charge in [-0.15, -0.1) is 23.2 Å². The molecule has 4 nitrogen and oxygen atoms in total. The lowest BCUT2D eigenvalue weighted by Gasteiger charge is -2.11. The van der Waals surface area contributed by atoms with Crippen LogP contribution in [0.5, 0.6) is 0 Å². The third-order valence-corrected chi connectivity index (χ3v) is 7.09. The first-order valence-electron chi connectivity index (χ1n) is 10.1. The molecule has 1 aliphatic carbocycles. The van der Waals surface area contributed by atoms with Crippen molar-refractivity contribution in [2.45, 2.75) is 42.9 Å². The predicted molar refractivity (Wildman–Crippen MR) is 124 cm³/mol. The van der Waals surface area contributed by atoms with Crippen molar-refractivity contribution in [3.05, 3.63) is 53.6 Å². The highest BCUT2D eigenvalue weighted by Crippen LogP contribution is 2.35. The van der Waals surface area contributed by atoms with Gasteiger partial charge in [-0.2, -0.15) is 0 Å². The number of benzene rings is 2. The van der Waals surface area contributed by atoms with E-state index in [0.717, 1.165) is 50.8 Å². The van der Waals surface area contributed by atoms with Crippen LogP contribution in [-0.2, 0) is 4.79 Å². The molecule has 0 aliphatic heterocycles. The number of unbranched alkanes of at least 4 members (excludes halogenated alkanes) is 1. The summed E-state index contributed by atoms with van der Waals surface area (Å²) < 4.78 is 2.05. The normalized spacial score (nSPS) is 15.0. The largest absolute Gasteiger partial charge is 0.325 e. The smallest absolute Gasteiger partial charge is 0.232 e. The average molecular weight is 435 g/mol. The van der Waals surface area contributed by atoms with Gasteiger partial charge in [0.1, 0.15) is 0 Å². The van der Waals surface area contributed by atoms with E-state index >= 15 is 0 Å². The fourth-order valence-electron chi connectivity index (χ4n) is 3.46. The van der Waals surface area contributed by atoms with Gasteiger partial charge >= 0.3 is 0 Å². The summed E-state index contributed by atoms with van der Waals surface area (Å²) >= 11 is 3.34. The van der Waals surface area contributed by atoms with Crippen molar-refractivity contribution in [2.24, 2.45) is 0 Å². The van der Waals surface area contributed by atoms with Gasteiger partial charge in [0.25, 0.3) is 0 Å². The molecule has 4 rings (SSSR count). The average Bonchev–Trinajstić information content (AvgIpc) is 3.31. The van der Waals surface area contributed by atoms with Gasteiger partial charge < -0.3 is 5.32 Å². The molecule has 1 heterocycles. The second kappa shape index (κ2) is 9.46. The van der Waals surface area contributed by atoms with Crippen molar-refractivity contribution >= 4 is 50.7 Å². The summed E-state index contributed by atoms with van der Waals surface area (Å²) in [5.74, 6) is 6.75. The molecule has 1 unspecified atom stereocenters. The van der Waals surface area contributed by atoms with Crippen LogP contribution >= 0.6 is 23.1 Å². The van der Waals surface area contributed by atoms with E-state index in [1.165, 1.54) is 0 Å². The number of hydrogen-bond acceptors (Lipinski definition) is 5. The van der Waals surface area contributed by atoms with E-state index in [4.69, 9.17) is 0 Å². The number of nitrogens with one attached hydrogen (secondary N) is 1. The topological polar surface area (TPSA) is 59.1 Å². The van der Waals surface area contributed by atoms with Gasteiger partial charge in [0.2, 0.25) is 5.91 Å². The summed E-state index contributed by atoms with van der Waals surface area (Å²) in [6, 6.07) is 13.1. The fraction of sp³-hybridized carbons (Fsp3) is 0.292. The van der Waals surface area contributed by atoms with Crippen LogP contribution in [0, 0.1) is 11.8 Å². The molecule has 1 atom stereocenters. The van der Waals surface area contributed by atoms with Crippen molar-refractivity contribution in [2.75, 3.05) is 11.1 Å². The fourth-order valence-corrected chi connectivity index (χ4v) is 5.49. The van der Waals surface area contributed by atoms with Crippen LogP contribution in [-0.4, -0.2) is 22.4 Å². The zero-order valence-corrected chi connectivity index (χ0v) is 18.4. The molecule has 0 saturated heterocycles. The Balaban J connectivity index is 1.41. The maximum atomic E-state index is 12.8. The zero-order valence-electron chi connectivity index (χ0n) is 16.7. The molecule has 3 aromatic rings. The molecule has 1 amide bonds. The van der Waals surface area contributed by atoms with Crippen LogP contribution in [0.1, 0.15) is 54.4 Å². The maximum Gasteiger partial charge on any atom is 0.232 e. The molecule has 1 N–H and O–H groups in total. The standard InChI is InChI=1S/C24H22N2O2S2/c1-2-3-4-5-8-13-29-24-26-20-12-11-16(14-22(20)30-24)25-23(28)19-15-21(27)18-10-7-6-9-17(18)19/h6-7,9-12,14,19H,2-3,8,13,15H2,1H3,(H,25,28). The third-order valence-electron chi connectivity index (χ3n) is 4.93.